The molecule has 3 rings (SSSR count). The summed E-state index contributed by atoms with van der Waals surface area (Å²) in [6.07, 6.45) is 1.36. The second-order valence-corrected chi connectivity index (χ2v) is 6.50. The SMILES string of the molecule is O=C(CNc1cccc2ccccc12)NN=Cc1ccc(Br)c([N+](=O)[O-])c1. The summed E-state index contributed by atoms with van der Waals surface area (Å²) < 4.78 is 0.382. The van der Waals surface area contributed by atoms with Gasteiger partial charge >= 0.3 is 0 Å². The number of nitro groups is 1. The summed E-state index contributed by atoms with van der Waals surface area (Å²) in [6.45, 7) is 0.0475. The van der Waals surface area contributed by atoms with Crippen LogP contribution in [0.2, 0.25) is 0 Å². The Balaban J connectivity index is 1.59. The van der Waals surface area contributed by atoms with Crippen molar-refractivity contribution >= 4 is 50.2 Å². The maximum absolute atomic E-state index is 12.0. The number of hydrogen-bond donors (Lipinski definition) is 2. The average molecular weight is 427 g/mol. The van der Waals surface area contributed by atoms with Crippen LogP contribution in [0.3, 0.4) is 0 Å². The van der Waals surface area contributed by atoms with Gasteiger partial charge in [0.15, 0.2) is 0 Å². The number of nitrogens with one attached hydrogen (secondary N) is 2. The Morgan fingerprint density at radius 2 is 1.93 bits per heavy atom. The van der Waals surface area contributed by atoms with E-state index in [9.17, 15) is 14.9 Å². The van der Waals surface area contributed by atoms with E-state index in [1.54, 1.807) is 12.1 Å². The van der Waals surface area contributed by atoms with Gasteiger partial charge in [-0.2, -0.15) is 5.10 Å². The Labute approximate surface area is 163 Å². The lowest BCUT2D eigenvalue weighted by Crippen LogP contribution is -2.25. The Bertz CT molecular complexity index is 1030. The third-order valence-electron chi connectivity index (χ3n) is 3.80. The largest absolute Gasteiger partial charge is 0.376 e. The normalized spacial score (nSPS) is 10.9. The third kappa shape index (κ3) is 4.68. The van der Waals surface area contributed by atoms with E-state index in [0.717, 1.165) is 16.5 Å². The second-order valence-electron chi connectivity index (χ2n) is 5.64. The lowest BCUT2D eigenvalue weighted by molar-refractivity contribution is -0.385. The van der Waals surface area contributed by atoms with E-state index in [1.807, 2.05) is 42.5 Å². The first-order valence-corrected chi connectivity index (χ1v) is 8.81. The molecule has 3 aromatic carbocycles. The van der Waals surface area contributed by atoms with Crippen LogP contribution in [0.1, 0.15) is 5.56 Å². The fourth-order valence-corrected chi connectivity index (χ4v) is 2.91. The predicted molar refractivity (Wildman–Crippen MR) is 109 cm³/mol. The molecule has 0 radical (unpaired) electrons. The Morgan fingerprint density at radius 3 is 2.74 bits per heavy atom. The number of nitrogens with zero attached hydrogens (tertiary/aromatic N) is 2. The lowest BCUT2D eigenvalue weighted by Gasteiger charge is -2.08. The zero-order valence-corrected chi connectivity index (χ0v) is 15.6. The average Bonchev–Trinajstić information content (AvgIpc) is 2.67. The molecule has 1 amide bonds. The van der Waals surface area contributed by atoms with Crippen LogP contribution in [-0.4, -0.2) is 23.6 Å². The first-order valence-electron chi connectivity index (χ1n) is 8.02. The summed E-state index contributed by atoms with van der Waals surface area (Å²) in [4.78, 5) is 22.4. The molecular formula is C19H15BrN4O3. The topological polar surface area (TPSA) is 96.6 Å². The van der Waals surface area contributed by atoms with E-state index < -0.39 is 4.92 Å². The van der Waals surface area contributed by atoms with Crippen LogP contribution in [-0.2, 0) is 4.79 Å². The van der Waals surface area contributed by atoms with Gasteiger partial charge in [0.2, 0.25) is 0 Å². The Morgan fingerprint density at radius 1 is 1.15 bits per heavy atom. The van der Waals surface area contributed by atoms with Gasteiger partial charge in [0.1, 0.15) is 0 Å². The van der Waals surface area contributed by atoms with Crippen LogP contribution >= 0.6 is 15.9 Å². The number of hydrogen-bond acceptors (Lipinski definition) is 5. The highest BCUT2D eigenvalue weighted by Gasteiger charge is 2.11. The summed E-state index contributed by atoms with van der Waals surface area (Å²) >= 11 is 3.12. The molecule has 136 valence electrons. The molecule has 0 saturated carbocycles. The molecule has 3 aromatic rings. The maximum Gasteiger partial charge on any atom is 0.284 e. The van der Waals surface area contributed by atoms with Crippen molar-refractivity contribution in [2.45, 2.75) is 0 Å². The van der Waals surface area contributed by atoms with E-state index in [1.165, 1.54) is 12.3 Å². The molecule has 0 aromatic heterocycles. The highest BCUT2D eigenvalue weighted by Crippen LogP contribution is 2.25. The number of anilines is 1. The van der Waals surface area contributed by atoms with Gasteiger partial charge in [0, 0.05) is 22.7 Å². The number of rotatable bonds is 6. The van der Waals surface area contributed by atoms with Crippen LogP contribution in [0, 0.1) is 10.1 Å². The van der Waals surface area contributed by atoms with Crippen LogP contribution in [0.4, 0.5) is 11.4 Å². The number of fused-ring (bicyclic) bond motifs is 1. The fourth-order valence-electron chi connectivity index (χ4n) is 2.52. The van der Waals surface area contributed by atoms with Crippen molar-refractivity contribution < 1.29 is 9.72 Å². The predicted octanol–water partition coefficient (Wildman–Crippen LogP) is 4.07. The number of hydrazone groups is 1. The molecule has 0 bridgehead atoms. The molecule has 0 aliphatic heterocycles. The van der Waals surface area contributed by atoms with Crippen molar-refractivity contribution in [2.75, 3.05) is 11.9 Å². The van der Waals surface area contributed by atoms with Crippen molar-refractivity contribution in [1.29, 1.82) is 0 Å². The second kappa shape index (κ2) is 8.41. The van der Waals surface area contributed by atoms with E-state index >= 15 is 0 Å². The monoisotopic (exact) mass is 426 g/mol. The van der Waals surface area contributed by atoms with Gasteiger partial charge in [0.05, 0.1) is 22.2 Å². The molecule has 0 atom stereocenters. The number of carbonyl (C=O) groups is 1. The Kier molecular flexibility index (Phi) is 5.77. The molecule has 0 spiro atoms. The summed E-state index contributed by atoms with van der Waals surface area (Å²) in [5.74, 6) is -0.328. The molecule has 7 nitrogen and oxygen atoms in total. The number of benzene rings is 3. The molecule has 0 unspecified atom stereocenters. The van der Waals surface area contributed by atoms with Crippen molar-refractivity contribution in [3.63, 3.8) is 0 Å². The van der Waals surface area contributed by atoms with Gasteiger partial charge in [-0.25, -0.2) is 5.43 Å². The van der Waals surface area contributed by atoms with Gasteiger partial charge in [-0.3, -0.25) is 14.9 Å². The summed E-state index contributed by atoms with van der Waals surface area (Å²) in [5.41, 5.74) is 3.70. The molecule has 2 N–H and O–H groups in total. The number of carbonyl (C=O) groups excluding carboxylic acids is 1. The van der Waals surface area contributed by atoms with Crippen molar-refractivity contribution in [2.24, 2.45) is 5.10 Å². The van der Waals surface area contributed by atoms with E-state index in [2.05, 4.69) is 31.8 Å². The van der Waals surface area contributed by atoms with Crippen molar-refractivity contribution in [1.82, 2.24) is 5.43 Å². The summed E-state index contributed by atoms with van der Waals surface area (Å²) in [7, 11) is 0. The fraction of sp³-hybridized carbons (Fsp3) is 0.0526. The molecule has 8 heteroatoms. The van der Waals surface area contributed by atoms with E-state index in [0.29, 0.717) is 10.0 Å². The third-order valence-corrected chi connectivity index (χ3v) is 4.47. The van der Waals surface area contributed by atoms with Crippen molar-refractivity contribution in [3.05, 3.63) is 80.8 Å². The Hall–Kier alpha value is -3.26. The van der Waals surface area contributed by atoms with Crippen LogP contribution < -0.4 is 10.7 Å². The number of nitro benzene ring substituents is 1. The molecule has 0 aliphatic rings. The highest BCUT2D eigenvalue weighted by molar-refractivity contribution is 9.10. The number of halogens is 1. The van der Waals surface area contributed by atoms with Crippen LogP contribution in [0.5, 0.6) is 0 Å². The van der Waals surface area contributed by atoms with E-state index in [4.69, 9.17) is 0 Å². The zero-order chi connectivity index (χ0) is 19.2. The standard InChI is InChI=1S/C19H15BrN4O3/c20-16-9-8-13(10-18(16)24(26)27)11-22-23-19(25)12-21-17-7-3-5-14-4-1-2-6-15(14)17/h1-11,21H,12H2,(H,23,25). The van der Waals surface area contributed by atoms with Gasteiger partial charge in [-0.05, 0) is 33.4 Å². The highest BCUT2D eigenvalue weighted by atomic mass is 79.9. The molecule has 27 heavy (non-hydrogen) atoms. The zero-order valence-electron chi connectivity index (χ0n) is 14.1. The molecule has 0 aliphatic carbocycles. The maximum atomic E-state index is 12.0. The van der Waals surface area contributed by atoms with E-state index in [-0.39, 0.29) is 18.1 Å². The minimum absolute atomic E-state index is 0.0475. The van der Waals surface area contributed by atoms with Gasteiger partial charge < -0.3 is 5.32 Å². The van der Waals surface area contributed by atoms with Gasteiger partial charge in [-0.1, -0.05) is 42.5 Å². The lowest BCUT2D eigenvalue weighted by atomic mass is 10.1. The van der Waals surface area contributed by atoms with Crippen LogP contribution in [0.25, 0.3) is 10.8 Å². The summed E-state index contributed by atoms with van der Waals surface area (Å²) in [6, 6.07) is 18.3. The van der Waals surface area contributed by atoms with Gasteiger partial charge in [-0.15, -0.1) is 0 Å². The smallest absolute Gasteiger partial charge is 0.284 e. The minimum Gasteiger partial charge on any atom is -0.376 e. The van der Waals surface area contributed by atoms with Gasteiger partial charge in [0.25, 0.3) is 11.6 Å². The minimum atomic E-state index is -0.492. The quantitative estimate of drug-likeness (QED) is 0.352. The molecule has 0 heterocycles. The first-order chi connectivity index (χ1) is 13.0. The number of amides is 1. The first kappa shape index (κ1) is 18.5. The van der Waals surface area contributed by atoms with Crippen molar-refractivity contribution in [3.8, 4) is 0 Å². The molecule has 0 saturated heterocycles. The molecular weight excluding hydrogens is 412 g/mol. The van der Waals surface area contributed by atoms with Crippen LogP contribution in [0.15, 0.2) is 70.2 Å². The summed E-state index contributed by atoms with van der Waals surface area (Å²) in [5, 5.41) is 20.0. The molecule has 0 fully saturated rings.